The van der Waals surface area contributed by atoms with Crippen LogP contribution < -0.4 is 10.2 Å². The molecule has 27 heavy (non-hydrogen) atoms. The van der Waals surface area contributed by atoms with Crippen molar-refractivity contribution in [2.75, 3.05) is 43.4 Å². The lowest BCUT2D eigenvalue weighted by Crippen LogP contribution is -2.52. The van der Waals surface area contributed by atoms with Gasteiger partial charge in [0, 0.05) is 50.8 Å². The second kappa shape index (κ2) is 8.85. The number of sulfone groups is 1. The van der Waals surface area contributed by atoms with Crippen LogP contribution in [0.25, 0.3) is 0 Å². The molecule has 0 aliphatic carbocycles. The Hall–Kier alpha value is -2.61. The zero-order valence-electron chi connectivity index (χ0n) is 15.1. The van der Waals surface area contributed by atoms with E-state index < -0.39 is 9.84 Å². The summed E-state index contributed by atoms with van der Waals surface area (Å²) in [7, 11) is -3.30. The molecule has 1 aliphatic rings. The van der Waals surface area contributed by atoms with Crippen LogP contribution in [0.5, 0.6) is 0 Å². The smallest absolute Gasteiger partial charge is 0.317 e. The van der Waals surface area contributed by atoms with E-state index >= 15 is 0 Å². The van der Waals surface area contributed by atoms with E-state index in [-0.39, 0.29) is 11.8 Å². The molecule has 1 aromatic carbocycles. The van der Waals surface area contributed by atoms with Crippen molar-refractivity contribution < 1.29 is 13.2 Å². The number of amides is 2. The summed E-state index contributed by atoms with van der Waals surface area (Å²) >= 11 is 0. The Balaban J connectivity index is 1.39. The third-order valence-corrected chi connectivity index (χ3v) is 6.38. The number of nitrogens with zero attached hydrogens (tertiary/aromatic N) is 3. The molecular formula is C19H24N4O3S. The molecule has 1 fully saturated rings. The summed E-state index contributed by atoms with van der Waals surface area (Å²) in [6.45, 7) is 3.14. The Morgan fingerprint density at radius 3 is 2.33 bits per heavy atom. The molecule has 3 rings (SSSR count). The van der Waals surface area contributed by atoms with Crippen molar-refractivity contribution in [1.82, 2.24) is 15.2 Å². The zero-order valence-corrected chi connectivity index (χ0v) is 15.9. The maximum Gasteiger partial charge on any atom is 0.317 e. The van der Waals surface area contributed by atoms with Crippen molar-refractivity contribution in [2.45, 2.75) is 11.3 Å². The number of urea groups is 1. The quantitative estimate of drug-likeness (QED) is 0.763. The molecule has 144 valence electrons. The largest absolute Gasteiger partial charge is 0.368 e. The van der Waals surface area contributed by atoms with Gasteiger partial charge >= 0.3 is 6.03 Å². The van der Waals surface area contributed by atoms with E-state index in [0.29, 0.717) is 31.0 Å². The second-order valence-corrected chi connectivity index (χ2v) is 8.51. The number of carbonyl (C=O) groups is 1. The number of anilines is 1. The zero-order chi connectivity index (χ0) is 19.1. The lowest BCUT2D eigenvalue weighted by molar-refractivity contribution is 0.194. The third-order valence-electron chi connectivity index (χ3n) is 4.56. The fraction of sp³-hybridized carbons (Fsp3) is 0.368. The number of nitrogens with one attached hydrogen (secondary N) is 1. The highest BCUT2D eigenvalue weighted by molar-refractivity contribution is 7.91. The maximum atomic E-state index is 12.3. The molecule has 0 spiro atoms. The molecule has 7 nitrogen and oxygen atoms in total. The van der Waals surface area contributed by atoms with E-state index in [1.54, 1.807) is 47.6 Å². The summed E-state index contributed by atoms with van der Waals surface area (Å²) in [6, 6.07) is 12.2. The van der Waals surface area contributed by atoms with E-state index in [4.69, 9.17) is 0 Å². The Morgan fingerprint density at radius 2 is 1.67 bits per heavy atom. The lowest BCUT2D eigenvalue weighted by atomic mass is 10.3. The van der Waals surface area contributed by atoms with E-state index in [1.807, 2.05) is 12.1 Å². The van der Waals surface area contributed by atoms with Crippen molar-refractivity contribution >= 4 is 21.6 Å². The van der Waals surface area contributed by atoms with Crippen LogP contribution in [0.3, 0.4) is 0 Å². The summed E-state index contributed by atoms with van der Waals surface area (Å²) < 4.78 is 24.4. The first-order valence-electron chi connectivity index (χ1n) is 9.02. The van der Waals surface area contributed by atoms with Crippen molar-refractivity contribution in [3.63, 3.8) is 0 Å². The second-order valence-electron chi connectivity index (χ2n) is 6.40. The molecule has 2 amide bonds. The molecule has 2 heterocycles. The van der Waals surface area contributed by atoms with Crippen LogP contribution in [0.1, 0.15) is 6.42 Å². The third kappa shape index (κ3) is 5.19. The topological polar surface area (TPSA) is 82.6 Å². The van der Waals surface area contributed by atoms with Crippen molar-refractivity contribution in [3.05, 3.63) is 54.9 Å². The number of hydrogen-bond acceptors (Lipinski definition) is 5. The fourth-order valence-electron chi connectivity index (χ4n) is 3.04. The first kappa shape index (κ1) is 19.2. The highest BCUT2D eigenvalue weighted by Crippen LogP contribution is 2.15. The molecule has 1 N–H and O–H groups in total. The minimum atomic E-state index is -3.30. The summed E-state index contributed by atoms with van der Waals surface area (Å²) in [5.41, 5.74) is 1.11. The fourth-order valence-corrected chi connectivity index (χ4v) is 4.37. The first-order chi connectivity index (χ1) is 13.1. The van der Waals surface area contributed by atoms with Gasteiger partial charge in [-0.3, -0.25) is 4.98 Å². The first-order valence-corrected chi connectivity index (χ1v) is 10.7. The van der Waals surface area contributed by atoms with Crippen LogP contribution in [0.2, 0.25) is 0 Å². The SMILES string of the molecule is O=C(NCCCS(=O)(=O)c1ccccc1)N1CCN(c2ccncc2)CC1. The number of hydrogen-bond donors (Lipinski definition) is 1. The molecule has 1 aliphatic heterocycles. The summed E-state index contributed by atoms with van der Waals surface area (Å²) in [4.78, 5) is 20.6. The normalized spacial score (nSPS) is 14.8. The molecule has 0 radical (unpaired) electrons. The summed E-state index contributed by atoms with van der Waals surface area (Å²) in [6.07, 6.45) is 3.91. The van der Waals surface area contributed by atoms with Crippen LogP contribution in [-0.4, -0.2) is 62.8 Å². The van der Waals surface area contributed by atoms with E-state index in [2.05, 4.69) is 15.2 Å². The molecule has 0 atom stereocenters. The standard InChI is InChI=1S/C19H24N4O3S/c24-19(21-9-4-16-27(25,26)18-5-2-1-3-6-18)23-14-12-22(13-15-23)17-7-10-20-11-8-17/h1-3,5-8,10-11H,4,9,12-16H2,(H,21,24). The molecule has 0 saturated carbocycles. The monoisotopic (exact) mass is 388 g/mol. The van der Waals surface area contributed by atoms with Gasteiger partial charge in [0.15, 0.2) is 9.84 Å². The number of benzene rings is 1. The van der Waals surface area contributed by atoms with Crippen molar-refractivity contribution in [1.29, 1.82) is 0 Å². The highest BCUT2D eigenvalue weighted by Gasteiger charge is 2.21. The average molecular weight is 388 g/mol. The molecule has 0 bridgehead atoms. The van der Waals surface area contributed by atoms with E-state index in [1.165, 1.54) is 0 Å². The number of rotatable bonds is 6. The molecule has 1 saturated heterocycles. The van der Waals surface area contributed by atoms with Crippen LogP contribution >= 0.6 is 0 Å². The Labute approximate surface area is 159 Å². The van der Waals surface area contributed by atoms with Crippen LogP contribution in [0.15, 0.2) is 59.8 Å². The van der Waals surface area contributed by atoms with Crippen LogP contribution in [0, 0.1) is 0 Å². The van der Waals surface area contributed by atoms with Crippen LogP contribution in [0.4, 0.5) is 10.5 Å². The van der Waals surface area contributed by atoms with E-state index in [0.717, 1.165) is 18.8 Å². The van der Waals surface area contributed by atoms with Gasteiger partial charge < -0.3 is 15.1 Å². The number of piperazine rings is 1. The van der Waals surface area contributed by atoms with Crippen LogP contribution in [-0.2, 0) is 9.84 Å². The Morgan fingerprint density at radius 1 is 1.00 bits per heavy atom. The number of pyridine rings is 1. The van der Waals surface area contributed by atoms with Gasteiger partial charge in [0.25, 0.3) is 0 Å². The van der Waals surface area contributed by atoms with Gasteiger partial charge in [-0.1, -0.05) is 18.2 Å². The highest BCUT2D eigenvalue weighted by atomic mass is 32.2. The Kier molecular flexibility index (Phi) is 6.28. The minimum absolute atomic E-state index is 0.0209. The number of carbonyl (C=O) groups excluding carboxylic acids is 1. The van der Waals surface area contributed by atoms with Gasteiger partial charge in [0.1, 0.15) is 0 Å². The predicted octanol–water partition coefficient (Wildman–Crippen LogP) is 1.78. The predicted molar refractivity (Wildman–Crippen MR) is 105 cm³/mol. The van der Waals surface area contributed by atoms with Gasteiger partial charge in [0.05, 0.1) is 10.6 Å². The average Bonchev–Trinajstić information content (AvgIpc) is 2.72. The number of aromatic nitrogens is 1. The lowest BCUT2D eigenvalue weighted by Gasteiger charge is -2.36. The summed E-state index contributed by atoms with van der Waals surface area (Å²) in [5, 5.41) is 2.83. The van der Waals surface area contributed by atoms with Gasteiger partial charge in [-0.25, -0.2) is 13.2 Å². The maximum absolute atomic E-state index is 12.3. The van der Waals surface area contributed by atoms with Crippen molar-refractivity contribution in [3.8, 4) is 0 Å². The van der Waals surface area contributed by atoms with E-state index in [9.17, 15) is 13.2 Å². The molecular weight excluding hydrogens is 364 g/mol. The Bertz CT molecular complexity index is 836. The molecule has 0 unspecified atom stereocenters. The van der Waals surface area contributed by atoms with Gasteiger partial charge in [-0.2, -0.15) is 0 Å². The minimum Gasteiger partial charge on any atom is -0.368 e. The summed E-state index contributed by atoms with van der Waals surface area (Å²) in [5.74, 6) is 0.0209. The molecule has 2 aromatic rings. The van der Waals surface area contributed by atoms with Gasteiger partial charge in [-0.05, 0) is 30.7 Å². The van der Waals surface area contributed by atoms with Gasteiger partial charge in [0.2, 0.25) is 0 Å². The van der Waals surface area contributed by atoms with Gasteiger partial charge in [-0.15, -0.1) is 0 Å². The van der Waals surface area contributed by atoms with Crippen molar-refractivity contribution in [2.24, 2.45) is 0 Å². The molecule has 8 heteroatoms. The molecule has 1 aromatic heterocycles.